The quantitative estimate of drug-likeness (QED) is 0.713. The first-order valence-corrected chi connectivity index (χ1v) is 8.97. The van der Waals surface area contributed by atoms with Gasteiger partial charge in [-0.25, -0.2) is 9.59 Å². The van der Waals surface area contributed by atoms with Crippen LogP contribution in [0.5, 0.6) is 0 Å². The van der Waals surface area contributed by atoms with Crippen LogP contribution in [0.3, 0.4) is 0 Å². The molecule has 0 aliphatic carbocycles. The van der Waals surface area contributed by atoms with Gasteiger partial charge in [0, 0.05) is 13.0 Å². The summed E-state index contributed by atoms with van der Waals surface area (Å²) in [4.78, 5) is 23.9. The Morgan fingerprint density at radius 1 is 1.15 bits per heavy atom. The van der Waals surface area contributed by atoms with Gasteiger partial charge in [0.15, 0.2) is 6.10 Å². The molecule has 0 saturated carbocycles. The molecule has 1 atom stereocenters. The predicted octanol–water partition coefficient (Wildman–Crippen LogP) is 3.61. The van der Waals surface area contributed by atoms with Crippen LogP contribution < -0.4 is 5.32 Å². The number of hydrogen-bond acceptors (Lipinski definition) is 5. The van der Waals surface area contributed by atoms with Crippen molar-refractivity contribution in [1.82, 2.24) is 5.32 Å². The molecule has 0 spiro atoms. The Morgan fingerprint density at radius 2 is 1.81 bits per heavy atom. The number of alkyl carbamates (subject to hydrolysis) is 1. The van der Waals surface area contributed by atoms with E-state index < -0.39 is 17.8 Å². The zero-order valence-electron chi connectivity index (χ0n) is 16.6. The molecule has 0 aliphatic rings. The third-order valence-electron chi connectivity index (χ3n) is 3.23. The van der Waals surface area contributed by atoms with Crippen LogP contribution >= 0.6 is 0 Å². The molecule has 1 amide bonds. The van der Waals surface area contributed by atoms with E-state index in [-0.39, 0.29) is 12.1 Å². The summed E-state index contributed by atoms with van der Waals surface area (Å²) in [6.07, 6.45) is -0.780. The van der Waals surface area contributed by atoms with Crippen molar-refractivity contribution in [2.45, 2.75) is 72.3 Å². The average molecular weight is 365 g/mol. The van der Waals surface area contributed by atoms with Crippen LogP contribution in [0, 0.1) is 0 Å². The molecule has 1 rings (SSSR count). The highest BCUT2D eigenvalue weighted by Crippen LogP contribution is 2.13. The van der Waals surface area contributed by atoms with Crippen LogP contribution in [0.2, 0.25) is 0 Å². The highest BCUT2D eigenvalue weighted by Gasteiger charge is 2.22. The lowest BCUT2D eigenvalue weighted by atomic mass is 10.0. The highest BCUT2D eigenvalue weighted by atomic mass is 16.6. The summed E-state index contributed by atoms with van der Waals surface area (Å²) in [6, 6.07) is 7.66. The number of rotatable bonds is 8. The minimum atomic E-state index is -0.649. The van der Waals surface area contributed by atoms with Gasteiger partial charge in [-0.15, -0.1) is 0 Å². The second kappa shape index (κ2) is 10.2. The van der Waals surface area contributed by atoms with Crippen molar-refractivity contribution in [2.24, 2.45) is 0 Å². The SMILES string of the molecule is CCOC(=O)C(Cc1cccc(CNC(=O)OC(C)(C)C)c1)OC(C)C. The maximum absolute atomic E-state index is 12.1. The number of hydrogen-bond donors (Lipinski definition) is 1. The average Bonchev–Trinajstić information content (AvgIpc) is 2.51. The molecule has 0 aliphatic heterocycles. The van der Waals surface area contributed by atoms with E-state index in [1.54, 1.807) is 6.92 Å². The van der Waals surface area contributed by atoms with E-state index in [2.05, 4.69) is 5.32 Å². The van der Waals surface area contributed by atoms with Crippen LogP contribution in [-0.2, 0) is 32.0 Å². The summed E-state index contributed by atoms with van der Waals surface area (Å²) in [5.41, 5.74) is 1.32. The van der Waals surface area contributed by atoms with Gasteiger partial charge in [-0.1, -0.05) is 24.3 Å². The van der Waals surface area contributed by atoms with Gasteiger partial charge in [-0.2, -0.15) is 0 Å². The van der Waals surface area contributed by atoms with Gasteiger partial charge in [-0.05, 0) is 52.7 Å². The Kier molecular flexibility index (Phi) is 8.58. The molecule has 6 heteroatoms. The maximum Gasteiger partial charge on any atom is 0.407 e. The molecule has 0 bridgehead atoms. The lowest BCUT2D eigenvalue weighted by Gasteiger charge is -2.20. The Labute approximate surface area is 156 Å². The lowest BCUT2D eigenvalue weighted by molar-refractivity contribution is -0.159. The van der Waals surface area contributed by atoms with Crippen molar-refractivity contribution in [3.63, 3.8) is 0 Å². The predicted molar refractivity (Wildman–Crippen MR) is 99.9 cm³/mol. The number of carbonyl (C=O) groups excluding carboxylic acids is 2. The first-order chi connectivity index (χ1) is 12.1. The Balaban J connectivity index is 2.71. The molecule has 0 saturated heterocycles. The van der Waals surface area contributed by atoms with Gasteiger partial charge in [-0.3, -0.25) is 0 Å². The zero-order valence-corrected chi connectivity index (χ0v) is 16.6. The molecule has 146 valence electrons. The number of esters is 1. The number of carbonyl (C=O) groups is 2. The van der Waals surface area contributed by atoms with Crippen LogP contribution in [-0.4, -0.2) is 36.5 Å². The normalized spacial score (nSPS) is 12.6. The molecule has 0 heterocycles. The number of nitrogens with one attached hydrogen (secondary N) is 1. The highest BCUT2D eigenvalue weighted by molar-refractivity contribution is 5.75. The summed E-state index contributed by atoms with van der Waals surface area (Å²) in [6.45, 7) is 11.6. The number of ether oxygens (including phenoxy) is 3. The fourth-order valence-electron chi connectivity index (χ4n) is 2.32. The molecule has 1 aromatic carbocycles. The largest absolute Gasteiger partial charge is 0.464 e. The van der Waals surface area contributed by atoms with Crippen molar-refractivity contribution in [3.05, 3.63) is 35.4 Å². The minimum absolute atomic E-state index is 0.0820. The summed E-state index contributed by atoms with van der Waals surface area (Å²) in [5.74, 6) is -0.363. The number of benzene rings is 1. The van der Waals surface area contributed by atoms with Crippen LogP contribution in [0.15, 0.2) is 24.3 Å². The first-order valence-electron chi connectivity index (χ1n) is 8.97. The monoisotopic (exact) mass is 365 g/mol. The second-order valence-electron chi connectivity index (χ2n) is 7.31. The third kappa shape index (κ3) is 8.85. The van der Waals surface area contributed by atoms with Crippen molar-refractivity contribution in [2.75, 3.05) is 6.61 Å². The smallest absolute Gasteiger partial charge is 0.407 e. The maximum atomic E-state index is 12.1. The molecule has 0 fully saturated rings. The van der Waals surface area contributed by atoms with E-state index in [1.165, 1.54) is 0 Å². The van der Waals surface area contributed by atoms with Crippen molar-refractivity contribution >= 4 is 12.1 Å². The van der Waals surface area contributed by atoms with Gasteiger partial charge in [0.1, 0.15) is 5.60 Å². The third-order valence-corrected chi connectivity index (χ3v) is 3.23. The Bertz CT molecular complexity index is 592. The second-order valence-corrected chi connectivity index (χ2v) is 7.31. The van der Waals surface area contributed by atoms with Crippen molar-refractivity contribution in [3.8, 4) is 0 Å². The van der Waals surface area contributed by atoms with Crippen molar-refractivity contribution < 1.29 is 23.8 Å². The molecule has 1 aromatic rings. The molecular weight excluding hydrogens is 334 g/mol. The van der Waals surface area contributed by atoms with Crippen LogP contribution in [0.4, 0.5) is 4.79 Å². The summed E-state index contributed by atoms with van der Waals surface area (Å²) >= 11 is 0. The van der Waals surface area contributed by atoms with Gasteiger partial charge in [0.25, 0.3) is 0 Å². The van der Waals surface area contributed by atoms with E-state index in [9.17, 15) is 9.59 Å². The van der Waals surface area contributed by atoms with Gasteiger partial charge in [0.05, 0.1) is 12.7 Å². The molecule has 0 aromatic heterocycles. The van der Waals surface area contributed by atoms with E-state index in [4.69, 9.17) is 14.2 Å². The van der Waals surface area contributed by atoms with E-state index >= 15 is 0 Å². The lowest BCUT2D eigenvalue weighted by Crippen LogP contribution is -2.32. The molecule has 1 N–H and O–H groups in total. The fraction of sp³-hybridized carbons (Fsp3) is 0.600. The van der Waals surface area contributed by atoms with Gasteiger partial charge >= 0.3 is 12.1 Å². The fourth-order valence-corrected chi connectivity index (χ4v) is 2.32. The zero-order chi connectivity index (χ0) is 19.7. The molecular formula is C20H31NO5. The van der Waals surface area contributed by atoms with E-state index in [0.29, 0.717) is 19.6 Å². The van der Waals surface area contributed by atoms with Crippen LogP contribution in [0.1, 0.15) is 52.7 Å². The molecule has 26 heavy (non-hydrogen) atoms. The Morgan fingerprint density at radius 3 is 2.38 bits per heavy atom. The molecule has 1 unspecified atom stereocenters. The summed E-state index contributed by atoms with van der Waals surface area (Å²) in [7, 11) is 0. The topological polar surface area (TPSA) is 73.9 Å². The van der Waals surface area contributed by atoms with Crippen molar-refractivity contribution in [1.29, 1.82) is 0 Å². The summed E-state index contributed by atoms with van der Waals surface area (Å²) < 4.78 is 16.0. The van der Waals surface area contributed by atoms with E-state index in [0.717, 1.165) is 11.1 Å². The minimum Gasteiger partial charge on any atom is -0.464 e. The molecule has 6 nitrogen and oxygen atoms in total. The summed E-state index contributed by atoms with van der Waals surface area (Å²) in [5, 5.41) is 2.73. The number of amides is 1. The standard InChI is InChI=1S/C20H31NO5/c1-7-24-18(22)17(25-14(2)3)12-15-9-8-10-16(11-15)13-21-19(23)26-20(4,5)6/h8-11,14,17H,7,12-13H2,1-6H3,(H,21,23). The Hall–Kier alpha value is -2.08. The van der Waals surface area contributed by atoms with Crippen LogP contribution in [0.25, 0.3) is 0 Å². The van der Waals surface area contributed by atoms with Gasteiger partial charge in [0.2, 0.25) is 0 Å². The van der Waals surface area contributed by atoms with E-state index in [1.807, 2.05) is 58.9 Å². The van der Waals surface area contributed by atoms with Gasteiger partial charge < -0.3 is 19.5 Å². The molecule has 0 radical (unpaired) electrons. The first kappa shape index (κ1) is 22.0.